The Hall–Kier alpha value is -2.95. The summed E-state index contributed by atoms with van der Waals surface area (Å²) in [6, 6.07) is 10.2. The predicted molar refractivity (Wildman–Crippen MR) is 124 cm³/mol. The third-order valence-electron chi connectivity index (χ3n) is 5.90. The van der Waals surface area contributed by atoms with Crippen molar-refractivity contribution in [3.05, 3.63) is 59.2 Å². The number of rotatable bonds is 5. The summed E-state index contributed by atoms with van der Waals surface area (Å²) < 4.78 is 1.97. The van der Waals surface area contributed by atoms with Crippen LogP contribution in [0, 0.1) is 25.2 Å². The number of nitrogens with zero attached hydrogens (tertiary/aromatic N) is 7. The molecule has 4 rings (SSSR count). The van der Waals surface area contributed by atoms with E-state index in [0.29, 0.717) is 6.42 Å². The van der Waals surface area contributed by atoms with E-state index in [1.165, 1.54) is 11.3 Å². The van der Waals surface area contributed by atoms with Gasteiger partial charge in [-0.3, -0.25) is 14.6 Å². The number of anilines is 1. The molecule has 1 saturated heterocycles. The molecule has 1 aromatic carbocycles. The SMILES string of the molecule is Cc1nn(C)c(C)c1CN1CCN(c2nccnc2-c2ccc(CC#N)cc2)CC1.Cl. The minimum Gasteiger partial charge on any atom is -0.352 e. The topological polar surface area (TPSA) is 73.9 Å². The van der Waals surface area contributed by atoms with Gasteiger partial charge in [-0.05, 0) is 19.4 Å². The largest absolute Gasteiger partial charge is 0.352 e. The molecule has 7 nitrogen and oxygen atoms in total. The first-order chi connectivity index (χ1) is 14.6. The van der Waals surface area contributed by atoms with Crippen LogP contribution in [0.5, 0.6) is 0 Å². The van der Waals surface area contributed by atoms with Crippen LogP contribution in [-0.2, 0) is 20.0 Å². The van der Waals surface area contributed by atoms with Gasteiger partial charge in [0.2, 0.25) is 0 Å². The van der Waals surface area contributed by atoms with Crippen LogP contribution >= 0.6 is 12.4 Å². The van der Waals surface area contributed by atoms with Crippen LogP contribution in [0.3, 0.4) is 0 Å². The van der Waals surface area contributed by atoms with Crippen molar-refractivity contribution in [1.82, 2.24) is 24.6 Å². The second-order valence-corrected chi connectivity index (χ2v) is 7.80. The zero-order valence-corrected chi connectivity index (χ0v) is 19.1. The van der Waals surface area contributed by atoms with Crippen molar-refractivity contribution in [1.29, 1.82) is 5.26 Å². The van der Waals surface area contributed by atoms with Crippen molar-refractivity contribution in [2.75, 3.05) is 31.1 Å². The molecule has 0 unspecified atom stereocenters. The maximum absolute atomic E-state index is 8.88. The Morgan fingerprint density at radius 3 is 2.29 bits per heavy atom. The van der Waals surface area contributed by atoms with Gasteiger partial charge in [0.15, 0.2) is 5.82 Å². The Balaban J connectivity index is 0.00000272. The summed E-state index contributed by atoms with van der Waals surface area (Å²) in [4.78, 5) is 14.1. The summed E-state index contributed by atoms with van der Waals surface area (Å²) in [6.45, 7) is 8.95. The molecule has 0 aliphatic carbocycles. The Kier molecular flexibility index (Phi) is 7.26. The predicted octanol–water partition coefficient (Wildman–Crippen LogP) is 3.30. The van der Waals surface area contributed by atoms with Crippen molar-refractivity contribution < 1.29 is 0 Å². The van der Waals surface area contributed by atoms with Crippen LogP contribution in [0.4, 0.5) is 5.82 Å². The molecule has 0 spiro atoms. The molecule has 3 heterocycles. The van der Waals surface area contributed by atoms with Gasteiger partial charge in [-0.25, -0.2) is 4.98 Å². The van der Waals surface area contributed by atoms with Crippen LogP contribution in [0.2, 0.25) is 0 Å². The van der Waals surface area contributed by atoms with Gasteiger partial charge in [0, 0.05) is 69.0 Å². The van der Waals surface area contributed by atoms with E-state index in [9.17, 15) is 0 Å². The molecule has 0 bridgehead atoms. The van der Waals surface area contributed by atoms with Crippen LogP contribution in [0.15, 0.2) is 36.7 Å². The number of nitriles is 1. The molecular formula is C23H28ClN7. The Morgan fingerprint density at radius 2 is 1.68 bits per heavy atom. The zero-order chi connectivity index (χ0) is 21.1. The molecule has 2 aromatic heterocycles. The Labute approximate surface area is 189 Å². The summed E-state index contributed by atoms with van der Waals surface area (Å²) in [5, 5.41) is 13.4. The van der Waals surface area contributed by atoms with Crippen molar-refractivity contribution in [3.63, 3.8) is 0 Å². The van der Waals surface area contributed by atoms with Gasteiger partial charge in [0.1, 0.15) is 5.69 Å². The summed E-state index contributed by atoms with van der Waals surface area (Å²) in [5.41, 5.74) is 6.64. The van der Waals surface area contributed by atoms with Crippen molar-refractivity contribution in [3.8, 4) is 17.3 Å². The second-order valence-electron chi connectivity index (χ2n) is 7.80. The normalized spacial score (nSPS) is 14.2. The summed E-state index contributed by atoms with van der Waals surface area (Å²) in [7, 11) is 2.01. The van der Waals surface area contributed by atoms with Gasteiger partial charge in [-0.1, -0.05) is 24.3 Å². The lowest BCUT2D eigenvalue weighted by atomic mass is 10.1. The average molecular weight is 438 g/mol. The zero-order valence-electron chi connectivity index (χ0n) is 18.2. The molecule has 0 radical (unpaired) electrons. The van der Waals surface area contributed by atoms with Gasteiger partial charge in [0.05, 0.1) is 18.2 Å². The summed E-state index contributed by atoms with van der Waals surface area (Å²) >= 11 is 0. The van der Waals surface area contributed by atoms with E-state index < -0.39 is 0 Å². The minimum atomic E-state index is 0. The van der Waals surface area contributed by atoms with Crippen LogP contribution < -0.4 is 4.90 Å². The highest BCUT2D eigenvalue weighted by atomic mass is 35.5. The molecule has 1 fully saturated rings. The highest BCUT2D eigenvalue weighted by Gasteiger charge is 2.23. The first-order valence-corrected chi connectivity index (χ1v) is 10.3. The molecule has 162 valence electrons. The van der Waals surface area contributed by atoms with E-state index in [1.807, 2.05) is 36.0 Å². The molecular weight excluding hydrogens is 410 g/mol. The lowest BCUT2D eigenvalue weighted by Crippen LogP contribution is -2.46. The Morgan fingerprint density at radius 1 is 1.00 bits per heavy atom. The molecule has 8 heteroatoms. The van der Waals surface area contributed by atoms with Gasteiger partial charge >= 0.3 is 0 Å². The number of hydrogen-bond donors (Lipinski definition) is 0. The molecule has 0 saturated carbocycles. The van der Waals surface area contributed by atoms with Gasteiger partial charge in [-0.2, -0.15) is 10.4 Å². The molecule has 0 N–H and O–H groups in total. The third kappa shape index (κ3) is 4.87. The quantitative estimate of drug-likeness (QED) is 0.609. The fourth-order valence-electron chi connectivity index (χ4n) is 4.03. The smallest absolute Gasteiger partial charge is 0.155 e. The molecule has 1 aliphatic rings. The molecule has 0 amide bonds. The van der Waals surface area contributed by atoms with Crippen molar-refractivity contribution in [2.45, 2.75) is 26.8 Å². The average Bonchev–Trinajstić information content (AvgIpc) is 3.01. The van der Waals surface area contributed by atoms with Gasteiger partial charge < -0.3 is 4.90 Å². The number of halogens is 1. The number of benzene rings is 1. The maximum atomic E-state index is 8.88. The standard InChI is InChI=1S/C23H27N7.ClH/c1-17-21(18(2)28(3)27-17)16-29-12-14-30(15-13-29)23-22(25-10-11-26-23)20-6-4-19(5-7-20)8-9-24;/h4-7,10-11H,8,12-16H2,1-3H3;1H. The van der Waals surface area contributed by atoms with E-state index in [0.717, 1.165) is 61.1 Å². The fraction of sp³-hybridized carbons (Fsp3) is 0.391. The third-order valence-corrected chi connectivity index (χ3v) is 5.90. The first kappa shape index (κ1) is 22.7. The number of aromatic nitrogens is 4. The monoisotopic (exact) mass is 437 g/mol. The van der Waals surface area contributed by atoms with Crippen LogP contribution in [0.1, 0.15) is 22.5 Å². The lowest BCUT2D eigenvalue weighted by molar-refractivity contribution is 0.248. The van der Waals surface area contributed by atoms with E-state index in [2.05, 4.69) is 44.8 Å². The lowest BCUT2D eigenvalue weighted by Gasteiger charge is -2.36. The maximum Gasteiger partial charge on any atom is 0.155 e. The molecule has 31 heavy (non-hydrogen) atoms. The van der Waals surface area contributed by atoms with Crippen LogP contribution in [-0.4, -0.2) is 50.8 Å². The fourth-order valence-corrected chi connectivity index (χ4v) is 4.03. The number of hydrogen-bond acceptors (Lipinski definition) is 6. The Bertz CT molecular complexity index is 1060. The molecule has 3 aromatic rings. The van der Waals surface area contributed by atoms with Crippen molar-refractivity contribution >= 4 is 18.2 Å². The van der Waals surface area contributed by atoms with Gasteiger partial charge in [-0.15, -0.1) is 12.4 Å². The van der Waals surface area contributed by atoms with Gasteiger partial charge in [0.25, 0.3) is 0 Å². The molecule has 0 atom stereocenters. The van der Waals surface area contributed by atoms with E-state index in [1.54, 1.807) is 12.4 Å². The first-order valence-electron chi connectivity index (χ1n) is 10.3. The number of piperazine rings is 1. The van der Waals surface area contributed by atoms with Crippen LogP contribution in [0.25, 0.3) is 11.3 Å². The second kappa shape index (κ2) is 9.90. The van der Waals surface area contributed by atoms with E-state index in [4.69, 9.17) is 5.26 Å². The highest BCUT2D eigenvalue weighted by Crippen LogP contribution is 2.28. The minimum absolute atomic E-state index is 0. The van der Waals surface area contributed by atoms with E-state index >= 15 is 0 Å². The molecule has 1 aliphatic heterocycles. The van der Waals surface area contributed by atoms with E-state index in [-0.39, 0.29) is 12.4 Å². The van der Waals surface area contributed by atoms with Crippen molar-refractivity contribution in [2.24, 2.45) is 7.05 Å². The summed E-state index contributed by atoms with van der Waals surface area (Å²) in [5.74, 6) is 0.930. The highest BCUT2D eigenvalue weighted by molar-refractivity contribution is 5.85. The summed E-state index contributed by atoms with van der Waals surface area (Å²) in [6.07, 6.45) is 3.93. The number of aryl methyl sites for hydroxylation is 2.